The SMILES string of the molecule is CCCCCC.[N-]=C=O.[N-]=C=O.[N-]=C=O. The van der Waals surface area contributed by atoms with Crippen LogP contribution >= 0.6 is 0 Å². The summed E-state index contributed by atoms with van der Waals surface area (Å²) in [5.41, 5.74) is 0. The van der Waals surface area contributed by atoms with Crippen LogP contribution in [0.1, 0.15) is 39.5 Å². The van der Waals surface area contributed by atoms with Gasteiger partial charge in [-0.3, -0.25) is 14.4 Å². The fraction of sp³-hybridized carbons (Fsp3) is 0.667. The summed E-state index contributed by atoms with van der Waals surface area (Å²) in [6, 6.07) is 0. The van der Waals surface area contributed by atoms with Crippen LogP contribution in [0.3, 0.4) is 0 Å². The van der Waals surface area contributed by atoms with Gasteiger partial charge in [0.1, 0.15) is 0 Å². The summed E-state index contributed by atoms with van der Waals surface area (Å²) in [6.45, 7) is 4.46. The normalized spacial score (nSPS) is 5.20. The van der Waals surface area contributed by atoms with E-state index in [1.54, 1.807) is 0 Å². The molecule has 0 rings (SSSR count). The highest BCUT2D eigenvalue weighted by Gasteiger charge is 1.75. The van der Waals surface area contributed by atoms with Crippen molar-refractivity contribution in [2.75, 3.05) is 0 Å². The summed E-state index contributed by atoms with van der Waals surface area (Å²) < 4.78 is 0. The van der Waals surface area contributed by atoms with Crippen molar-refractivity contribution in [3.8, 4) is 0 Å². The van der Waals surface area contributed by atoms with Crippen molar-refractivity contribution in [3.05, 3.63) is 16.2 Å². The monoisotopic (exact) mass is 212 g/mol. The Morgan fingerprint density at radius 2 is 0.867 bits per heavy atom. The van der Waals surface area contributed by atoms with E-state index in [0.717, 1.165) is 0 Å². The molecule has 6 heteroatoms. The van der Waals surface area contributed by atoms with E-state index >= 15 is 0 Å². The number of rotatable bonds is 3. The highest BCUT2D eigenvalue weighted by atomic mass is 16.1. The number of hydrogen-bond acceptors (Lipinski definition) is 3. The van der Waals surface area contributed by atoms with E-state index in [1.807, 2.05) is 0 Å². The molecule has 0 radical (unpaired) electrons. The highest BCUT2D eigenvalue weighted by Crippen LogP contribution is 1.95. The average Bonchev–Trinajstić information content (AvgIpc) is 2.18. The molecule has 0 aliphatic rings. The van der Waals surface area contributed by atoms with E-state index in [-0.39, 0.29) is 0 Å². The fourth-order valence-corrected chi connectivity index (χ4v) is 0.500. The summed E-state index contributed by atoms with van der Waals surface area (Å²) in [5, 5.41) is 20.3. The Morgan fingerprint density at radius 3 is 0.933 bits per heavy atom. The molecule has 0 aromatic rings. The minimum atomic E-state index is 0.500. The van der Waals surface area contributed by atoms with E-state index in [2.05, 4.69) is 13.8 Å². The van der Waals surface area contributed by atoms with Crippen LogP contribution in [-0.4, -0.2) is 18.2 Å². The van der Waals surface area contributed by atoms with Crippen LogP contribution in [0.5, 0.6) is 0 Å². The molecular formula is C9H14N3O3-3. The van der Waals surface area contributed by atoms with Crippen LogP contribution < -0.4 is 0 Å². The zero-order valence-electron chi connectivity index (χ0n) is 8.89. The molecule has 0 heterocycles. The van der Waals surface area contributed by atoms with Gasteiger partial charge in [0.05, 0.1) is 0 Å². The summed E-state index contributed by atoms with van der Waals surface area (Å²) in [6.07, 6.45) is 7.04. The van der Waals surface area contributed by atoms with Gasteiger partial charge in [0.2, 0.25) is 0 Å². The van der Waals surface area contributed by atoms with Crippen LogP contribution in [-0.2, 0) is 14.4 Å². The second-order valence-corrected chi connectivity index (χ2v) is 1.98. The first-order valence-electron chi connectivity index (χ1n) is 4.20. The third-order valence-corrected chi connectivity index (χ3v) is 0.957. The van der Waals surface area contributed by atoms with E-state index in [4.69, 9.17) is 30.6 Å². The first kappa shape index (κ1) is 23.2. The van der Waals surface area contributed by atoms with E-state index in [0.29, 0.717) is 18.2 Å². The smallest absolute Gasteiger partial charge is 0.0159 e. The van der Waals surface area contributed by atoms with Crippen LogP contribution in [0.2, 0.25) is 0 Å². The predicted octanol–water partition coefficient (Wildman–Crippen LogP) is 2.26. The molecule has 0 unspecified atom stereocenters. The lowest BCUT2D eigenvalue weighted by Crippen LogP contribution is -1.66. The molecule has 0 amide bonds. The lowest BCUT2D eigenvalue weighted by atomic mass is 10.2. The lowest BCUT2D eigenvalue weighted by molar-refractivity contribution is 0.568. The van der Waals surface area contributed by atoms with Gasteiger partial charge < -0.3 is 16.2 Å². The summed E-state index contributed by atoms with van der Waals surface area (Å²) >= 11 is 0. The lowest BCUT2D eigenvalue weighted by Gasteiger charge is -1.86. The van der Waals surface area contributed by atoms with Gasteiger partial charge in [-0.2, -0.15) is 0 Å². The van der Waals surface area contributed by atoms with E-state index < -0.39 is 0 Å². The quantitative estimate of drug-likeness (QED) is 0.405. The van der Waals surface area contributed by atoms with Crippen molar-refractivity contribution in [2.45, 2.75) is 39.5 Å². The van der Waals surface area contributed by atoms with Crippen molar-refractivity contribution in [1.82, 2.24) is 0 Å². The number of nitrogens with zero attached hydrogens (tertiary/aromatic N) is 3. The Bertz CT molecular complexity index is 154. The molecule has 0 aromatic heterocycles. The third kappa shape index (κ3) is 960. The minimum absolute atomic E-state index is 0.500. The summed E-state index contributed by atoms with van der Waals surface area (Å²) in [4.78, 5) is 24.7. The van der Waals surface area contributed by atoms with Gasteiger partial charge in [0, 0.05) is 0 Å². The van der Waals surface area contributed by atoms with Gasteiger partial charge in [0.15, 0.2) is 0 Å². The van der Waals surface area contributed by atoms with E-state index in [9.17, 15) is 0 Å². The Labute approximate surface area is 89.2 Å². The standard InChI is InChI=1S/C6H14.3CNO/c1-3-5-6-4-2;3*2-1-3/h3-6H2,1-2H3;;;/q;3*-1. The van der Waals surface area contributed by atoms with Crippen LogP contribution in [0.15, 0.2) is 0 Å². The van der Waals surface area contributed by atoms with Gasteiger partial charge in [0.25, 0.3) is 0 Å². The second kappa shape index (κ2) is 57.0. The Kier molecular flexibility index (Phi) is 88.1. The van der Waals surface area contributed by atoms with Gasteiger partial charge in [-0.25, -0.2) is 0 Å². The average molecular weight is 212 g/mol. The molecule has 0 spiro atoms. The van der Waals surface area contributed by atoms with Crippen LogP contribution in [0, 0.1) is 0 Å². The zero-order chi connectivity index (χ0) is 12.9. The van der Waals surface area contributed by atoms with Crippen molar-refractivity contribution in [2.24, 2.45) is 0 Å². The maximum atomic E-state index is 8.24. The first-order valence-corrected chi connectivity index (χ1v) is 4.20. The topological polar surface area (TPSA) is 118 Å². The van der Waals surface area contributed by atoms with Gasteiger partial charge in [-0.15, -0.1) is 0 Å². The molecule has 0 bridgehead atoms. The van der Waals surface area contributed by atoms with E-state index in [1.165, 1.54) is 25.7 Å². The molecule has 0 aliphatic heterocycles. The number of isocyanates is 3. The maximum absolute atomic E-state index is 8.24. The largest absolute Gasteiger partial charge is 0.724 e. The van der Waals surface area contributed by atoms with Crippen molar-refractivity contribution in [1.29, 1.82) is 0 Å². The molecule has 0 aromatic carbocycles. The minimum Gasteiger partial charge on any atom is -0.724 e. The van der Waals surface area contributed by atoms with Gasteiger partial charge in [-0.05, 0) is 18.2 Å². The van der Waals surface area contributed by atoms with Gasteiger partial charge in [-0.1, -0.05) is 39.5 Å². The molecule has 6 nitrogen and oxygen atoms in total. The summed E-state index contributed by atoms with van der Waals surface area (Å²) in [5.74, 6) is 0. The van der Waals surface area contributed by atoms with Crippen LogP contribution in [0.4, 0.5) is 0 Å². The number of hydrogen-bond donors (Lipinski definition) is 0. The number of carbonyl (C=O) groups excluding carboxylic acids is 3. The number of unbranched alkanes of at least 4 members (excludes halogenated alkanes) is 3. The zero-order valence-corrected chi connectivity index (χ0v) is 8.89. The molecular weight excluding hydrogens is 198 g/mol. The molecule has 0 fully saturated rings. The highest BCUT2D eigenvalue weighted by molar-refractivity contribution is 5.37. The first-order chi connectivity index (χ1) is 7.16. The molecule has 0 saturated heterocycles. The Morgan fingerprint density at radius 1 is 0.733 bits per heavy atom. The summed E-state index contributed by atoms with van der Waals surface area (Å²) in [7, 11) is 0. The Hall–Kier alpha value is -1.86. The molecule has 0 aliphatic carbocycles. The molecule has 0 N–H and O–H groups in total. The fourth-order valence-electron chi connectivity index (χ4n) is 0.500. The van der Waals surface area contributed by atoms with Gasteiger partial charge >= 0.3 is 0 Å². The molecule has 86 valence electrons. The van der Waals surface area contributed by atoms with Crippen LogP contribution in [0.25, 0.3) is 16.2 Å². The Balaban J connectivity index is -0.0000000581. The maximum Gasteiger partial charge on any atom is -0.0159 e. The van der Waals surface area contributed by atoms with Crippen molar-refractivity contribution < 1.29 is 14.4 Å². The molecule has 15 heavy (non-hydrogen) atoms. The third-order valence-electron chi connectivity index (χ3n) is 0.957. The van der Waals surface area contributed by atoms with Crippen molar-refractivity contribution >= 4 is 18.2 Å². The predicted molar refractivity (Wildman–Crippen MR) is 57.0 cm³/mol. The molecule has 0 saturated carbocycles. The molecule has 0 atom stereocenters. The second-order valence-electron chi connectivity index (χ2n) is 1.98. The van der Waals surface area contributed by atoms with Crippen molar-refractivity contribution in [3.63, 3.8) is 0 Å².